The third-order valence-corrected chi connectivity index (χ3v) is 5.66. The highest BCUT2D eigenvalue weighted by Crippen LogP contribution is 2.18. The predicted octanol–water partition coefficient (Wildman–Crippen LogP) is 3.39. The lowest BCUT2D eigenvalue weighted by Crippen LogP contribution is -2.51. The zero-order valence-corrected chi connectivity index (χ0v) is 18.8. The van der Waals surface area contributed by atoms with E-state index in [-0.39, 0.29) is 24.5 Å². The van der Waals surface area contributed by atoms with Crippen LogP contribution < -0.4 is 10.6 Å². The smallest absolute Gasteiger partial charge is 0.409 e. The Morgan fingerprint density at radius 3 is 2.43 bits per heavy atom. The molecule has 1 saturated heterocycles. The monoisotopic (exact) mass is 495 g/mol. The number of rotatable bonds is 5. The zero-order valence-electron chi connectivity index (χ0n) is 16.4. The molecule has 1 aromatic heterocycles. The first kappa shape index (κ1) is 22.0. The molecule has 160 valence electrons. The molecule has 3 rings (SSSR count). The topological polar surface area (TPSA) is 104 Å². The van der Waals surface area contributed by atoms with Crippen LogP contribution >= 0.6 is 27.3 Å². The van der Waals surface area contributed by atoms with Crippen molar-refractivity contribution in [1.82, 2.24) is 14.8 Å². The first-order valence-corrected chi connectivity index (χ1v) is 11.1. The fraction of sp³-hybridized carbons (Fsp3) is 0.368. The summed E-state index contributed by atoms with van der Waals surface area (Å²) in [4.78, 5) is 43.9. The number of anilines is 2. The van der Waals surface area contributed by atoms with Crippen LogP contribution in [0.25, 0.3) is 0 Å². The second kappa shape index (κ2) is 10.4. The maximum absolute atomic E-state index is 12.4. The second-order valence-electron chi connectivity index (χ2n) is 6.48. The number of hydrogen-bond acceptors (Lipinski definition) is 6. The largest absolute Gasteiger partial charge is 0.450 e. The molecular formula is C19H22BrN5O4S. The van der Waals surface area contributed by atoms with Crippen LogP contribution in [0.1, 0.15) is 12.6 Å². The zero-order chi connectivity index (χ0) is 21.5. The molecule has 1 aromatic carbocycles. The van der Waals surface area contributed by atoms with Gasteiger partial charge in [0.05, 0.1) is 18.7 Å². The number of halogens is 1. The van der Waals surface area contributed by atoms with Crippen molar-refractivity contribution < 1.29 is 19.1 Å². The van der Waals surface area contributed by atoms with Crippen molar-refractivity contribution in [2.45, 2.75) is 13.3 Å². The Hall–Kier alpha value is -2.66. The number of hydrogen-bond donors (Lipinski definition) is 2. The fourth-order valence-electron chi connectivity index (χ4n) is 2.83. The molecule has 0 atom stereocenters. The Bertz CT molecular complexity index is 897. The third kappa shape index (κ3) is 6.17. The van der Waals surface area contributed by atoms with Crippen molar-refractivity contribution in [3.8, 4) is 0 Å². The molecule has 2 heterocycles. The van der Waals surface area contributed by atoms with Crippen LogP contribution in [0, 0.1) is 0 Å². The molecule has 0 spiro atoms. The van der Waals surface area contributed by atoms with Gasteiger partial charge in [0.1, 0.15) is 0 Å². The Balaban J connectivity index is 1.46. The highest BCUT2D eigenvalue weighted by molar-refractivity contribution is 9.10. The molecule has 0 bridgehead atoms. The van der Waals surface area contributed by atoms with E-state index in [4.69, 9.17) is 4.74 Å². The van der Waals surface area contributed by atoms with E-state index >= 15 is 0 Å². The lowest BCUT2D eigenvalue weighted by Gasteiger charge is -2.33. The number of ether oxygens (including phenoxy) is 1. The van der Waals surface area contributed by atoms with Crippen molar-refractivity contribution >= 4 is 56.1 Å². The van der Waals surface area contributed by atoms with Crippen molar-refractivity contribution in [2.24, 2.45) is 0 Å². The van der Waals surface area contributed by atoms with Gasteiger partial charge in [0.25, 0.3) is 0 Å². The number of aromatic nitrogens is 1. The second-order valence-corrected chi connectivity index (χ2v) is 8.25. The molecule has 0 aliphatic carbocycles. The Morgan fingerprint density at radius 1 is 1.10 bits per heavy atom. The van der Waals surface area contributed by atoms with E-state index in [1.54, 1.807) is 34.2 Å². The maximum atomic E-state index is 12.4. The summed E-state index contributed by atoms with van der Waals surface area (Å²) in [5, 5.41) is 7.74. The summed E-state index contributed by atoms with van der Waals surface area (Å²) in [6.07, 6.45) is -0.246. The first-order chi connectivity index (χ1) is 14.4. The molecule has 9 nitrogen and oxygen atoms in total. The minimum Gasteiger partial charge on any atom is -0.450 e. The molecule has 11 heteroatoms. The molecular weight excluding hydrogens is 474 g/mol. The Kier molecular flexibility index (Phi) is 7.63. The van der Waals surface area contributed by atoms with Crippen molar-refractivity contribution in [1.29, 1.82) is 0 Å². The van der Waals surface area contributed by atoms with Gasteiger partial charge in [-0.15, -0.1) is 11.3 Å². The van der Waals surface area contributed by atoms with Gasteiger partial charge in [-0.1, -0.05) is 15.9 Å². The predicted molar refractivity (Wildman–Crippen MR) is 118 cm³/mol. The molecule has 0 unspecified atom stereocenters. The molecule has 0 saturated carbocycles. The number of piperazine rings is 1. The molecule has 1 aliphatic heterocycles. The summed E-state index contributed by atoms with van der Waals surface area (Å²) in [5.74, 6) is -0.185. The van der Waals surface area contributed by atoms with E-state index in [1.165, 1.54) is 11.3 Å². The van der Waals surface area contributed by atoms with Crippen LogP contribution in [0.15, 0.2) is 34.1 Å². The van der Waals surface area contributed by atoms with Crippen LogP contribution in [-0.2, 0) is 16.0 Å². The van der Waals surface area contributed by atoms with Gasteiger partial charge in [-0.3, -0.25) is 10.1 Å². The Morgan fingerprint density at radius 2 is 1.77 bits per heavy atom. The van der Waals surface area contributed by atoms with E-state index in [2.05, 4.69) is 31.5 Å². The summed E-state index contributed by atoms with van der Waals surface area (Å²) in [6.45, 7) is 3.76. The van der Waals surface area contributed by atoms with Crippen LogP contribution in [0.2, 0.25) is 0 Å². The average molecular weight is 496 g/mol. The summed E-state index contributed by atoms with van der Waals surface area (Å²) in [5.41, 5.74) is 1.28. The number of carbonyl (C=O) groups is 3. The number of amides is 4. The number of carbonyl (C=O) groups excluding carboxylic acids is 3. The molecule has 1 fully saturated rings. The summed E-state index contributed by atoms with van der Waals surface area (Å²) >= 11 is 4.61. The molecule has 1 aliphatic rings. The van der Waals surface area contributed by atoms with Crippen LogP contribution in [0.5, 0.6) is 0 Å². The van der Waals surface area contributed by atoms with E-state index < -0.39 is 0 Å². The highest BCUT2D eigenvalue weighted by atomic mass is 79.9. The van der Waals surface area contributed by atoms with Gasteiger partial charge in [0.2, 0.25) is 5.91 Å². The van der Waals surface area contributed by atoms with Gasteiger partial charge >= 0.3 is 12.1 Å². The van der Waals surface area contributed by atoms with Crippen molar-refractivity contribution in [3.05, 3.63) is 39.8 Å². The average Bonchev–Trinajstić information content (AvgIpc) is 3.16. The molecule has 4 amide bonds. The maximum Gasteiger partial charge on any atom is 0.409 e. The van der Waals surface area contributed by atoms with Crippen molar-refractivity contribution in [2.75, 3.05) is 43.4 Å². The highest BCUT2D eigenvalue weighted by Gasteiger charge is 2.25. The molecule has 2 N–H and O–H groups in total. The number of nitrogens with zero attached hydrogens (tertiary/aromatic N) is 3. The summed E-state index contributed by atoms with van der Waals surface area (Å²) < 4.78 is 5.91. The summed E-state index contributed by atoms with van der Waals surface area (Å²) in [6, 6.07) is 7.02. The number of urea groups is 1. The lowest BCUT2D eigenvalue weighted by molar-refractivity contribution is -0.115. The van der Waals surface area contributed by atoms with E-state index in [1.807, 2.05) is 12.1 Å². The Labute approximate surface area is 186 Å². The standard InChI is InChI=1S/C19H22BrN5O4S/c1-2-29-19(28)25-9-7-24(8-10-25)18(27)23-17-22-15(12-30-17)11-16(26)21-14-5-3-13(20)4-6-14/h3-6,12H,2,7-11H2,1H3,(H,21,26)(H,22,23,27). The number of benzene rings is 1. The quantitative estimate of drug-likeness (QED) is 0.661. The van der Waals surface area contributed by atoms with Crippen molar-refractivity contribution in [3.63, 3.8) is 0 Å². The summed E-state index contributed by atoms with van der Waals surface area (Å²) in [7, 11) is 0. The van der Waals surface area contributed by atoms with Crippen LogP contribution in [0.3, 0.4) is 0 Å². The minimum absolute atomic E-state index is 0.112. The molecule has 0 radical (unpaired) electrons. The van der Waals surface area contributed by atoms with Crippen LogP contribution in [-0.4, -0.2) is 65.6 Å². The lowest BCUT2D eigenvalue weighted by atomic mass is 10.3. The van der Waals surface area contributed by atoms with Crippen LogP contribution in [0.4, 0.5) is 20.4 Å². The van der Waals surface area contributed by atoms with E-state index in [9.17, 15) is 14.4 Å². The minimum atomic E-state index is -0.358. The van der Waals surface area contributed by atoms with Gasteiger partial charge in [0.15, 0.2) is 5.13 Å². The van der Waals surface area contributed by atoms with Gasteiger partial charge in [0, 0.05) is 41.7 Å². The molecule has 30 heavy (non-hydrogen) atoms. The number of thiazole rings is 1. The van der Waals surface area contributed by atoms with E-state index in [0.29, 0.717) is 49.3 Å². The molecule has 2 aromatic rings. The van der Waals surface area contributed by atoms with Gasteiger partial charge in [-0.05, 0) is 31.2 Å². The first-order valence-electron chi connectivity index (χ1n) is 9.42. The normalized spacial score (nSPS) is 13.7. The third-order valence-electron chi connectivity index (χ3n) is 4.33. The van der Waals surface area contributed by atoms with Gasteiger partial charge < -0.3 is 19.9 Å². The van der Waals surface area contributed by atoms with E-state index in [0.717, 1.165) is 4.47 Å². The van der Waals surface area contributed by atoms with Gasteiger partial charge in [-0.2, -0.15) is 0 Å². The number of nitrogens with one attached hydrogen (secondary N) is 2. The fourth-order valence-corrected chi connectivity index (χ4v) is 3.79. The SMILES string of the molecule is CCOC(=O)N1CCN(C(=O)Nc2nc(CC(=O)Nc3ccc(Br)cc3)cs2)CC1. The van der Waals surface area contributed by atoms with Gasteiger partial charge in [-0.25, -0.2) is 14.6 Å².